The van der Waals surface area contributed by atoms with Crippen molar-refractivity contribution in [1.82, 2.24) is 14.9 Å². The molecule has 0 bridgehead atoms. The monoisotopic (exact) mass is 286 g/mol. The predicted molar refractivity (Wildman–Crippen MR) is 81.6 cm³/mol. The van der Waals surface area contributed by atoms with Crippen LogP contribution in [0.1, 0.15) is 6.92 Å². The Labute approximate surface area is 120 Å². The average Bonchev–Trinajstić information content (AvgIpc) is 3.06. The summed E-state index contributed by atoms with van der Waals surface area (Å²) < 4.78 is 3.08. The Hall–Kier alpha value is -2.34. The predicted octanol–water partition coefficient (Wildman–Crippen LogP) is 3.23. The largest absolute Gasteiger partial charge is 0.338 e. The second-order valence-electron chi connectivity index (χ2n) is 4.25. The van der Waals surface area contributed by atoms with Gasteiger partial charge in [0.25, 0.3) is 0 Å². The molecular weight excluding hydrogens is 272 g/mol. The molecule has 0 saturated heterocycles. The van der Waals surface area contributed by atoms with E-state index in [4.69, 9.17) is 0 Å². The lowest BCUT2D eigenvalue weighted by Gasteiger charge is -2.01. The van der Waals surface area contributed by atoms with E-state index in [1.54, 1.807) is 0 Å². The van der Waals surface area contributed by atoms with Gasteiger partial charge in [-0.15, -0.1) is 0 Å². The van der Waals surface area contributed by atoms with Crippen molar-refractivity contribution in [3.05, 3.63) is 42.7 Å². The molecule has 0 atom stereocenters. The molecule has 0 radical (unpaired) electrons. The third-order valence-electron chi connectivity index (χ3n) is 2.83. The van der Waals surface area contributed by atoms with Crippen LogP contribution in [0.4, 0.5) is 9.93 Å². The first-order valence-electron chi connectivity index (χ1n) is 6.35. The average molecular weight is 286 g/mol. The number of aromatic nitrogens is 2. The molecule has 0 spiro atoms. The summed E-state index contributed by atoms with van der Waals surface area (Å²) in [5, 5.41) is 6.03. The summed E-state index contributed by atoms with van der Waals surface area (Å²) in [7, 11) is 0. The highest BCUT2D eigenvalue weighted by molar-refractivity contribution is 7.22. The molecule has 0 aliphatic carbocycles. The number of urea groups is 1. The lowest BCUT2D eigenvalue weighted by atomic mass is 10.3. The van der Waals surface area contributed by atoms with Gasteiger partial charge < -0.3 is 9.88 Å². The van der Waals surface area contributed by atoms with E-state index in [-0.39, 0.29) is 6.03 Å². The summed E-state index contributed by atoms with van der Waals surface area (Å²) in [4.78, 5) is 15.9. The molecule has 2 aromatic heterocycles. The first kappa shape index (κ1) is 12.7. The number of nitrogens with zero attached hydrogens (tertiary/aromatic N) is 2. The Kier molecular flexibility index (Phi) is 3.39. The minimum Gasteiger partial charge on any atom is -0.338 e. The fourth-order valence-corrected chi connectivity index (χ4v) is 2.83. The van der Waals surface area contributed by atoms with Crippen LogP contribution in [0, 0.1) is 0 Å². The number of rotatable bonds is 3. The summed E-state index contributed by atoms with van der Waals surface area (Å²) in [6.07, 6.45) is 3.99. The van der Waals surface area contributed by atoms with E-state index in [9.17, 15) is 4.79 Å². The normalized spacial score (nSPS) is 10.7. The number of hydrogen-bond acceptors (Lipinski definition) is 3. The maximum Gasteiger partial charge on any atom is 0.321 e. The molecule has 3 aromatic rings. The number of anilines is 1. The van der Waals surface area contributed by atoms with Gasteiger partial charge >= 0.3 is 6.03 Å². The number of benzene rings is 1. The van der Waals surface area contributed by atoms with Gasteiger partial charge in [-0.1, -0.05) is 11.3 Å². The molecule has 0 aliphatic rings. The van der Waals surface area contributed by atoms with Crippen LogP contribution < -0.4 is 10.6 Å². The highest BCUT2D eigenvalue weighted by Crippen LogP contribution is 2.27. The zero-order chi connectivity index (χ0) is 13.9. The van der Waals surface area contributed by atoms with E-state index >= 15 is 0 Å². The maximum absolute atomic E-state index is 11.5. The zero-order valence-corrected chi connectivity index (χ0v) is 11.8. The van der Waals surface area contributed by atoms with E-state index < -0.39 is 0 Å². The second kappa shape index (κ2) is 5.34. The smallest absolute Gasteiger partial charge is 0.321 e. The Morgan fingerprint density at radius 3 is 2.90 bits per heavy atom. The van der Waals surface area contributed by atoms with E-state index in [1.807, 2.05) is 48.1 Å². The minimum atomic E-state index is -0.225. The number of thiazole rings is 1. The Balaban J connectivity index is 1.89. The lowest BCUT2D eigenvalue weighted by molar-refractivity contribution is 0.252. The first-order valence-corrected chi connectivity index (χ1v) is 7.16. The van der Waals surface area contributed by atoms with E-state index in [0.717, 1.165) is 15.9 Å². The van der Waals surface area contributed by atoms with Crippen molar-refractivity contribution < 1.29 is 4.79 Å². The molecule has 2 amide bonds. The van der Waals surface area contributed by atoms with Crippen LogP contribution >= 0.6 is 11.3 Å². The highest BCUT2D eigenvalue weighted by Gasteiger charge is 2.07. The van der Waals surface area contributed by atoms with Crippen molar-refractivity contribution >= 4 is 32.7 Å². The third kappa shape index (κ3) is 2.50. The molecule has 5 nitrogen and oxygen atoms in total. The zero-order valence-electron chi connectivity index (χ0n) is 11.0. The van der Waals surface area contributed by atoms with Gasteiger partial charge in [0.15, 0.2) is 5.13 Å². The van der Waals surface area contributed by atoms with Gasteiger partial charge in [-0.2, -0.15) is 0 Å². The van der Waals surface area contributed by atoms with Crippen molar-refractivity contribution in [2.24, 2.45) is 0 Å². The van der Waals surface area contributed by atoms with Crippen molar-refractivity contribution in [3.63, 3.8) is 0 Å². The van der Waals surface area contributed by atoms with E-state index in [1.165, 1.54) is 11.3 Å². The molecule has 2 N–H and O–H groups in total. The fraction of sp³-hybridized carbons (Fsp3) is 0.143. The van der Waals surface area contributed by atoms with Crippen LogP contribution in [0.15, 0.2) is 42.7 Å². The number of nitrogens with one attached hydrogen (secondary N) is 2. The van der Waals surface area contributed by atoms with E-state index in [2.05, 4.69) is 21.7 Å². The molecule has 2 heterocycles. The van der Waals surface area contributed by atoms with Gasteiger partial charge in [-0.05, 0) is 37.3 Å². The van der Waals surface area contributed by atoms with Gasteiger partial charge in [-0.25, -0.2) is 9.78 Å². The van der Waals surface area contributed by atoms with Gasteiger partial charge in [0.05, 0.1) is 10.2 Å². The summed E-state index contributed by atoms with van der Waals surface area (Å²) in [5.41, 5.74) is 1.97. The van der Waals surface area contributed by atoms with Crippen molar-refractivity contribution in [2.45, 2.75) is 6.92 Å². The summed E-state index contributed by atoms with van der Waals surface area (Å²) in [6.45, 7) is 2.47. The molecule has 0 aliphatic heterocycles. The van der Waals surface area contributed by atoms with Crippen LogP contribution in [0.2, 0.25) is 0 Å². The Morgan fingerprint density at radius 2 is 2.15 bits per heavy atom. The number of amides is 2. The minimum absolute atomic E-state index is 0.225. The van der Waals surface area contributed by atoms with Crippen molar-refractivity contribution in [1.29, 1.82) is 0 Å². The van der Waals surface area contributed by atoms with Gasteiger partial charge in [0, 0.05) is 24.6 Å². The quantitative estimate of drug-likeness (QED) is 0.776. The first-order chi connectivity index (χ1) is 9.76. The number of hydrogen-bond donors (Lipinski definition) is 2. The summed E-state index contributed by atoms with van der Waals surface area (Å²) in [6, 6.07) is 9.78. The molecule has 1 aromatic carbocycles. The van der Waals surface area contributed by atoms with Gasteiger partial charge in [-0.3, -0.25) is 5.32 Å². The Bertz CT molecular complexity index is 733. The van der Waals surface area contributed by atoms with Crippen LogP contribution in [-0.2, 0) is 0 Å². The van der Waals surface area contributed by atoms with Crippen LogP contribution in [0.25, 0.3) is 15.9 Å². The van der Waals surface area contributed by atoms with Gasteiger partial charge in [0.2, 0.25) is 0 Å². The fourth-order valence-electron chi connectivity index (χ4n) is 1.94. The summed E-state index contributed by atoms with van der Waals surface area (Å²) in [5.74, 6) is 0. The van der Waals surface area contributed by atoms with Crippen molar-refractivity contribution in [3.8, 4) is 5.69 Å². The van der Waals surface area contributed by atoms with Crippen molar-refractivity contribution in [2.75, 3.05) is 11.9 Å². The molecular formula is C14H14N4OS. The van der Waals surface area contributed by atoms with E-state index in [0.29, 0.717) is 11.7 Å². The molecule has 0 saturated carbocycles. The third-order valence-corrected chi connectivity index (χ3v) is 3.77. The maximum atomic E-state index is 11.5. The number of carbonyl (C=O) groups excluding carboxylic acids is 1. The molecule has 0 fully saturated rings. The molecule has 6 heteroatoms. The molecule has 102 valence electrons. The van der Waals surface area contributed by atoms with Crippen LogP contribution in [-0.4, -0.2) is 22.1 Å². The lowest BCUT2D eigenvalue weighted by Crippen LogP contribution is -2.28. The number of carbonyl (C=O) groups is 1. The standard InChI is InChI=1S/C14H14N4OS/c1-2-15-13(19)17-14-16-11-6-5-10(9-12(11)20-14)18-7-3-4-8-18/h3-9H,2H2,1H3,(H2,15,16,17,19). The Morgan fingerprint density at radius 1 is 1.35 bits per heavy atom. The van der Waals surface area contributed by atoms with Crippen LogP contribution in [0.5, 0.6) is 0 Å². The second-order valence-corrected chi connectivity index (χ2v) is 5.28. The summed E-state index contributed by atoms with van der Waals surface area (Å²) >= 11 is 1.47. The topological polar surface area (TPSA) is 59.0 Å². The SMILES string of the molecule is CCNC(=O)Nc1nc2ccc(-n3cccc3)cc2s1. The molecule has 0 unspecified atom stereocenters. The highest BCUT2D eigenvalue weighted by atomic mass is 32.1. The van der Waals surface area contributed by atoms with Gasteiger partial charge in [0.1, 0.15) is 0 Å². The molecule has 3 rings (SSSR count). The molecule has 20 heavy (non-hydrogen) atoms. The number of fused-ring (bicyclic) bond motifs is 1. The van der Waals surface area contributed by atoms with Crippen LogP contribution in [0.3, 0.4) is 0 Å².